The highest BCUT2D eigenvalue weighted by atomic mass is 32.2. The molecule has 1 rings (SSSR count). The number of hydrogen-bond donors (Lipinski definition) is 1. The van der Waals surface area contributed by atoms with E-state index < -0.39 is 10.0 Å². The maximum Gasteiger partial charge on any atom is 0.211 e. The van der Waals surface area contributed by atoms with Crippen LogP contribution in [0.1, 0.15) is 18.9 Å². The van der Waals surface area contributed by atoms with Gasteiger partial charge in [0.25, 0.3) is 0 Å². The third-order valence-corrected chi connectivity index (χ3v) is 4.85. The zero-order valence-electron chi connectivity index (χ0n) is 10.4. The molecule has 0 amide bonds. The summed E-state index contributed by atoms with van der Waals surface area (Å²) < 4.78 is 38.5. The SMILES string of the molecule is CCCS(=O)(=O)NCCSCc1ccccc1F. The lowest BCUT2D eigenvalue weighted by Crippen LogP contribution is -2.28. The van der Waals surface area contributed by atoms with Crippen LogP contribution >= 0.6 is 11.8 Å². The molecule has 0 unspecified atom stereocenters. The molecule has 0 fully saturated rings. The smallest absolute Gasteiger partial charge is 0.211 e. The van der Waals surface area contributed by atoms with Gasteiger partial charge in [-0.25, -0.2) is 17.5 Å². The lowest BCUT2D eigenvalue weighted by atomic mass is 10.2. The number of halogens is 1. The normalized spacial score (nSPS) is 11.7. The minimum absolute atomic E-state index is 0.158. The van der Waals surface area contributed by atoms with Gasteiger partial charge < -0.3 is 0 Å². The van der Waals surface area contributed by atoms with Gasteiger partial charge in [-0.15, -0.1) is 0 Å². The molecule has 0 aliphatic carbocycles. The topological polar surface area (TPSA) is 46.2 Å². The molecule has 18 heavy (non-hydrogen) atoms. The molecule has 0 aliphatic rings. The van der Waals surface area contributed by atoms with Crippen LogP contribution in [0.4, 0.5) is 4.39 Å². The summed E-state index contributed by atoms with van der Waals surface area (Å²) in [7, 11) is -3.12. The second-order valence-electron chi connectivity index (χ2n) is 3.86. The van der Waals surface area contributed by atoms with Crippen LogP contribution in [0.5, 0.6) is 0 Å². The van der Waals surface area contributed by atoms with E-state index in [1.165, 1.54) is 17.8 Å². The third kappa shape index (κ3) is 5.84. The highest BCUT2D eigenvalue weighted by Crippen LogP contribution is 2.14. The van der Waals surface area contributed by atoms with Crippen molar-refractivity contribution in [1.82, 2.24) is 4.72 Å². The average Bonchev–Trinajstić information content (AvgIpc) is 2.31. The van der Waals surface area contributed by atoms with Crippen molar-refractivity contribution >= 4 is 21.8 Å². The number of nitrogens with one attached hydrogen (secondary N) is 1. The lowest BCUT2D eigenvalue weighted by molar-refractivity contribution is 0.583. The molecule has 0 saturated carbocycles. The lowest BCUT2D eigenvalue weighted by Gasteiger charge is -2.06. The Morgan fingerprint density at radius 3 is 2.72 bits per heavy atom. The molecular weight excluding hydrogens is 273 g/mol. The zero-order chi connectivity index (χ0) is 13.4. The van der Waals surface area contributed by atoms with E-state index >= 15 is 0 Å². The van der Waals surface area contributed by atoms with Crippen molar-refractivity contribution in [2.24, 2.45) is 0 Å². The second kappa shape index (κ2) is 7.76. The van der Waals surface area contributed by atoms with E-state index in [0.29, 0.717) is 30.0 Å². The summed E-state index contributed by atoms with van der Waals surface area (Å²) in [4.78, 5) is 0. The quantitative estimate of drug-likeness (QED) is 0.748. The average molecular weight is 291 g/mol. The number of hydrogen-bond acceptors (Lipinski definition) is 3. The van der Waals surface area contributed by atoms with Crippen LogP contribution in [0.25, 0.3) is 0 Å². The molecule has 3 nitrogen and oxygen atoms in total. The summed E-state index contributed by atoms with van der Waals surface area (Å²) in [6, 6.07) is 6.62. The van der Waals surface area contributed by atoms with E-state index in [-0.39, 0.29) is 11.6 Å². The van der Waals surface area contributed by atoms with Crippen molar-refractivity contribution in [3.05, 3.63) is 35.6 Å². The van der Waals surface area contributed by atoms with Crippen molar-refractivity contribution in [1.29, 1.82) is 0 Å². The molecule has 0 aliphatic heterocycles. The number of rotatable bonds is 8. The van der Waals surface area contributed by atoms with E-state index in [1.807, 2.05) is 6.92 Å². The Balaban J connectivity index is 2.22. The highest BCUT2D eigenvalue weighted by molar-refractivity contribution is 7.98. The standard InChI is InChI=1S/C12H18FNO2S2/c1-2-9-18(15,16)14-7-8-17-10-11-5-3-4-6-12(11)13/h3-6,14H,2,7-10H2,1H3. The summed E-state index contributed by atoms with van der Waals surface area (Å²) in [5.41, 5.74) is 0.652. The predicted molar refractivity (Wildman–Crippen MR) is 74.6 cm³/mol. The molecule has 0 radical (unpaired) electrons. The second-order valence-corrected chi connectivity index (χ2v) is 6.89. The summed E-state index contributed by atoms with van der Waals surface area (Å²) in [5.74, 6) is 1.14. The van der Waals surface area contributed by atoms with Gasteiger partial charge in [0, 0.05) is 18.1 Å². The fraction of sp³-hybridized carbons (Fsp3) is 0.500. The first kappa shape index (κ1) is 15.5. The molecule has 0 spiro atoms. The van der Waals surface area contributed by atoms with Crippen molar-refractivity contribution in [3.8, 4) is 0 Å². The largest absolute Gasteiger partial charge is 0.214 e. The maximum absolute atomic E-state index is 13.3. The molecule has 1 N–H and O–H groups in total. The number of thioether (sulfide) groups is 1. The first-order chi connectivity index (χ1) is 8.55. The minimum atomic E-state index is -3.12. The molecule has 1 aromatic carbocycles. The van der Waals surface area contributed by atoms with Gasteiger partial charge in [-0.3, -0.25) is 0 Å². The number of sulfonamides is 1. The summed E-state index contributed by atoms with van der Waals surface area (Å²) in [6.07, 6.45) is 0.609. The molecular formula is C12H18FNO2S2. The Labute approximate surface area is 112 Å². The van der Waals surface area contributed by atoms with Crippen LogP contribution in [0.15, 0.2) is 24.3 Å². The van der Waals surface area contributed by atoms with Crippen LogP contribution in [-0.2, 0) is 15.8 Å². The first-order valence-corrected chi connectivity index (χ1v) is 8.64. The minimum Gasteiger partial charge on any atom is -0.214 e. The molecule has 0 aromatic heterocycles. The van der Waals surface area contributed by atoms with E-state index in [2.05, 4.69) is 4.72 Å². The van der Waals surface area contributed by atoms with Crippen molar-refractivity contribution < 1.29 is 12.8 Å². The van der Waals surface area contributed by atoms with Crippen molar-refractivity contribution in [3.63, 3.8) is 0 Å². The van der Waals surface area contributed by atoms with Gasteiger partial charge in [0.2, 0.25) is 10.0 Å². The highest BCUT2D eigenvalue weighted by Gasteiger charge is 2.07. The fourth-order valence-corrected chi connectivity index (χ4v) is 3.48. The molecule has 102 valence electrons. The first-order valence-electron chi connectivity index (χ1n) is 5.83. The van der Waals surface area contributed by atoms with Crippen LogP contribution in [0, 0.1) is 5.82 Å². The van der Waals surface area contributed by atoms with Crippen molar-refractivity contribution in [2.45, 2.75) is 19.1 Å². The maximum atomic E-state index is 13.3. The van der Waals surface area contributed by atoms with E-state index in [9.17, 15) is 12.8 Å². The van der Waals surface area contributed by atoms with Crippen LogP contribution in [0.2, 0.25) is 0 Å². The van der Waals surface area contributed by atoms with Gasteiger partial charge in [0.15, 0.2) is 0 Å². The van der Waals surface area contributed by atoms with Crippen molar-refractivity contribution in [2.75, 3.05) is 18.1 Å². The van der Waals surface area contributed by atoms with E-state index in [1.54, 1.807) is 18.2 Å². The Hall–Kier alpha value is -0.590. The molecule has 0 atom stereocenters. The van der Waals surface area contributed by atoms with Crippen LogP contribution in [-0.4, -0.2) is 26.5 Å². The van der Waals surface area contributed by atoms with Gasteiger partial charge in [0.1, 0.15) is 5.82 Å². The Morgan fingerprint density at radius 1 is 1.33 bits per heavy atom. The van der Waals surface area contributed by atoms with Gasteiger partial charge in [-0.05, 0) is 18.1 Å². The molecule has 1 aromatic rings. The van der Waals surface area contributed by atoms with E-state index in [0.717, 1.165) is 0 Å². The van der Waals surface area contributed by atoms with Gasteiger partial charge in [-0.1, -0.05) is 25.1 Å². The summed E-state index contributed by atoms with van der Waals surface area (Å²) >= 11 is 1.51. The molecule has 0 bridgehead atoms. The van der Waals surface area contributed by atoms with Gasteiger partial charge in [0.05, 0.1) is 5.75 Å². The van der Waals surface area contributed by atoms with Gasteiger partial charge >= 0.3 is 0 Å². The zero-order valence-corrected chi connectivity index (χ0v) is 12.0. The Bertz CT molecular complexity index is 463. The summed E-state index contributed by atoms with van der Waals surface area (Å²) in [6.45, 7) is 2.22. The monoisotopic (exact) mass is 291 g/mol. The third-order valence-electron chi connectivity index (χ3n) is 2.26. The Kier molecular flexibility index (Phi) is 6.67. The van der Waals surface area contributed by atoms with Crippen LogP contribution < -0.4 is 4.72 Å². The van der Waals surface area contributed by atoms with Crippen LogP contribution in [0.3, 0.4) is 0 Å². The molecule has 0 saturated heterocycles. The fourth-order valence-electron chi connectivity index (χ4n) is 1.41. The molecule has 0 heterocycles. The summed E-state index contributed by atoms with van der Waals surface area (Å²) in [5, 5.41) is 0. The predicted octanol–water partition coefficient (Wildman–Crippen LogP) is 2.39. The van der Waals surface area contributed by atoms with Gasteiger partial charge in [-0.2, -0.15) is 11.8 Å². The Morgan fingerprint density at radius 2 is 2.06 bits per heavy atom. The van der Waals surface area contributed by atoms with E-state index in [4.69, 9.17) is 0 Å². The molecule has 6 heteroatoms. The number of benzene rings is 1.